The molecule has 2 atom stereocenters. The number of hydrogen-bond donors (Lipinski definition) is 2. The van der Waals surface area contributed by atoms with Crippen LogP contribution in [0.1, 0.15) is 52.7 Å². The molecule has 0 unspecified atom stereocenters. The smallest absolute Gasteiger partial charge is 0.407 e. The lowest BCUT2D eigenvalue weighted by Crippen LogP contribution is -2.38. The number of rotatable bonds is 6. The van der Waals surface area contributed by atoms with Crippen LogP contribution in [0.2, 0.25) is 0 Å². The van der Waals surface area contributed by atoms with Crippen molar-refractivity contribution in [2.75, 3.05) is 11.9 Å². The number of carbonyl (C=O) groups excluding carboxylic acids is 1. The Bertz CT molecular complexity index is 597. The summed E-state index contributed by atoms with van der Waals surface area (Å²) in [5, 5.41) is 14.3. The maximum Gasteiger partial charge on any atom is 0.407 e. The minimum Gasteiger partial charge on any atom is -0.492 e. The van der Waals surface area contributed by atoms with E-state index in [0.717, 1.165) is 19.3 Å². The molecule has 8 nitrogen and oxygen atoms in total. The summed E-state index contributed by atoms with van der Waals surface area (Å²) in [7, 11) is 0. The van der Waals surface area contributed by atoms with Crippen molar-refractivity contribution in [3.8, 4) is 0 Å². The lowest BCUT2D eigenvalue weighted by Gasteiger charge is -2.21. The molecule has 1 aliphatic carbocycles. The third-order valence-electron chi connectivity index (χ3n) is 3.65. The molecular weight excluding hydrogens is 322 g/mol. The van der Waals surface area contributed by atoms with E-state index in [1.54, 1.807) is 6.20 Å². The van der Waals surface area contributed by atoms with Crippen molar-refractivity contribution in [1.29, 1.82) is 0 Å². The number of amides is 1. The van der Waals surface area contributed by atoms with Crippen molar-refractivity contribution in [1.82, 2.24) is 20.5 Å². The maximum atomic E-state index is 11.8. The summed E-state index contributed by atoms with van der Waals surface area (Å²) in [5.74, 6) is 0.910. The number of nitrogens with one attached hydrogen (secondary N) is 2. The van der Waals surface area contributed by atoms with Gasteiger partial charge in [-0.1, -0.05) is 6.58 Å². The van der Waals surface area contributed by atoms with Gasteiger partial charge in [0.05, 0.1) is 12.8 Å². The van der Waals surface area contributed by atoms with Crippen LogP contribution in [0.25, 0.3) is 5.76 Å². The Balaban J connectivity index is 1.81. The molecule has 1 aromatic heterocycles. The van der Waals surface area contributed by atoms with Crippen molar-refractivity contribution in [3.05, 3.63) is 18.5 Å². The first kappa shape index (κ1) is 19.0. The van der Waals surface area contributed by atoms with Crippen molar-refractivity contribution in [2.24, 2.45) is 0 Å². The highest BCUT2D eigenvalue weighted by Gasteiger charge is 2.28. The SMILES string of the molecule is C=C(OCC)c1cnc(N[C@H]2CC[C@H](NC(=O)OC(C)(C)C)C2)nn1. The summed E-state index contributed by atoms with van der Waals surface area (Å²) >= 11 is 0. The zero-order valence-electron chi connectivity index (χ0n) is 15.3. The molecule has 1 aliphatic rings. The van der Waals surface area contributed by atoms with Gasteiger partial charge in [-0.3, -0.25) is 0 Å². The Hall–Kier alpha value is -2.38. The second-order valence-electron chi connectivity index (χ2n) is 7.02. The molecule has 2 rings (SSSR count). The molecular formula is C17H27N5O3. The van der Waals surface area contributed by atoms with Gasteiger partial charge in [0.15, 0.2) is 0 Å². The summed E-state index contributed by atoms with van der Waals surface area (Å²) < 4.78 is 10.6. The van der Waals surface area contributed by atoms with Crippen molar-refractivity contribution >= 4 is 17.8 Å². The van der Waals surface area contributed by atoms with Gasteiger partial charge in [0.1, 0.15) is 17.1 Å². The van der Waals surface area contributed by atoms with Crippen LogP contribution in [0, 0.1) is 0 Å². The zero-order valence-corrected chi connectivity index (χ0v) is 15.3. The number of alkyl carbamates (subject to hydrolysis) is 1. The van der Waals surface area contributed by atoms with Crippen LogP contribution >= 0.6 is 0 Å². The Labute approximate surface area is 148 Å². The Kier molecular flexibility index (Phi) is 6.17. The van der Waals surface area contributed by atoms with E-state index in [4.69, 9.17) is 9.47 Å². The molecule has 0 radical (unpaired) electrons. The number of anilines is 1. The van der Waals surface area contributed by atoms with Gasteiger partial charge in [-0.2, -0.15) is 0 Å². The van der Waals surface area contributed by atoms with Crippen LogP contribution in [0.5, 0.6) is 0 Å². The molecule has 1 saturated carbocycles. The first-order valence-corrected chi connectivity index (χ1v) is 8.54. The van der Waals surface area contributed by atoms with Crippen LogP contribution in [0.4, 0.5) is 10.7 Å². The van der Waals surface area contributed by atoms with E-state index in [0.29, 0.717) is 24.0 Å². The van der Waals surface area contributed by atoms with Crippen molar-refractivity contribution in [3.63, 3.8) is 0 Å². The number of nitrogens with zero attached hydrogens (tertiary/aromatic N) is 3. The van der Waals surface area contributed by atoms with E-state index < -0.39 is 5.60 Å². The Morgan fingerprint density at radius 3 is 2.64 bits per heavy atom. The fourth-order valence-electron chi connectivity index (χ4n) is 2.62. The van der Waals surface area contributed by atoms with Gasteiger partial charge in [0, 0.05) is 12.1 Å². The number of aromatic nitrogens is 3. The second-order valence-corrected chi connectivity index (χ2v) is 7.02. The molecule has 8 heteroatoms. The lowest BCUT2D eigenvalue weighted by molar-refractivity contribution is 0.0505. The highest BCUT2D eigenvalue weighted by atomic mass is 16.6. The summed E-state index contributed by atoms with van der Waals surface area (Å²) in [5.41, 5.74) is 0.0240. The fraction of sp³-hybridized carbons (Fsp3) is 0.647. The van der Waals surface area contributed by atoms with Gasteiger partial charge >= 0.3 is 6.09 Å². The highest BCUT2D eigenvalue weighted by molar-refractivity contribution is 5.68. The number of ether oxygens (including phenoxy) is 2. The van der Waals surface area contributed by atoms with E-state index in [9.17, 15) is 4.79 Å². The zero-order chi connectivity index (χ0) is 18.4. The Morgan fingerprint density at radius 1 is 1.32 bits per heavy atom. The van der Waals surface area contributed by atoms with Crippen LogP contribution in [0.3, 0.4) is 0 Å². The van der Waals surface area contributed by atoms with Gasteiger partial charge in [-0.15, -0.1) is 10.2 Å². The van der Waals surface area contributed by atoms with Gasteiger partial charge in [0.2, 0.25) is 5.95 Å². The third kappa shape index (κ3) is 6.21. The summed E-state index contributed by atoms with van der Waals surface area (Å²) in [4.78, 5) is 16.1. The number of hydrogen-bond acceptors (Lipinski definition) is 7. The first-order valence-electron chi connectivity index (χ1n) is 8.54. The topological polar surface area (TPSA) is 98.3 Å². The van der Waals surface area contributed by atoms with Crippen LogP contribution in [-0.2, 0) is 9.47 Å². The lowest BCUT2D eigenvalue weighted by atomic mass is 10.2. The van der Waals surface area contributed by atoms with Gasteiger partial charge in [-0.25, -0.2) is 9.78 Å². The molecule has 2 N–H and O–H groups in total. The summed E-state index contributed by atoms with van der Waals surface area (Å²) in [6, 6.07) is 0.264. The molecule has 0 saturated heterocycles. The predicted molar refractivity (Wildman–Crippen MR) is 94.9 cm³/mol. The third-order valence-corrected chi connectivity index (χ3v) is 3.65. The minimum absolute atomic E-state index is 0.0808. The van der Waals surface area contributed by atoms with Crippen LogP contribution in [-0.4, -0.2) is 45.6 Å². The van der Waals surface area contributed by atoms with Crippen LogP contribution < -0.4 is 10.6 Å². The van der Waals surface area contributed by atoms with Crippen molar-refractivity contribution in [2.45, 2.75) is 64.6 Å². The molecule has 0 aromatic carbocycles. The van der Waals surface area contributed by atoms with Crippen molar-refractivity contribution < 1.29 is 14.3 Å². The molecule has 25 heavy (non-hydrogen) atoms. The fourth-order valence-corrected chi connectivity index (χ4v) is 2.62. The molecule has 1 heterocycles. The summed E-state index contributed by atoms with van der Waals surface area (Å²) in [6.07, 6.45) is 3.78. The summed E-state index contributed by atoms with van der Waals surface area (Å²) in [6.45, 7) is 11.7. The Morgan fingerprint density at radius 2 is 2.04 bits per heavy atom. The molecule has 1 aromatic rings. The average molecular weight is 349 g/mol. The minimum atomic E-state index is -0.493. The largest absolute Gasteiger partial charge is 0.492 e. The van der Waals surface area contributed by atoms with E-state index in [1.807, 2.05) is 27.7 Å². The molecule has 1 fully saturated rings. The van der Waals surface area contributed by atoms with Gasteiger partial charge in [0.25, 0.3) is 0 Å². The van der Waals surface area contributed by atoms with Gasteiger partial charge < -0.3 is 20.1 Å². The first-order chi connectivity index (χ1) is 11.8. The average Bonchev–Trinajstić information content (AvgIpc) is 2.93. The highest BCUT2D eigenvalue weighted by Crippen LogP contribution is 2.22. The predicted octanol–water partition coefficient (Wildman–Crippen LogP) is 2.74. The molecule has 1 amide bonds. The van der Waals surface area contributed by atoms with E-state index >= 15 is 0 Å². The normalized spacial score (nSPS) is 20.0. The van der Waals surface area contributed by atoms with Gasteiger partial charge in [-0.05, 0) is 47.0 Å². The molecule has 0 bridgehead atoms. The number of carbonyl (C=O) groups is 1. The monoisotopic (exact) mass is 349 g/mol. The van der Waals surface area contributed by atoms with E-state index in [2.05, 4.69) is 32.4 Å². The molecule has 0 spiro atoms. The quantitative estimate of drug-likeness (QED) is 0.762. The second kappa shape index (κ2) is 8.13. The van der Waals surface area contributed by atoms with E-state index in [-0.39, 0.29) is 18.2 Å². The van der Waals surface area contributed by atoms with E-state index in [1.165, 1.54) is 0 Å². The van der Waals surface area contributed by atoms with Crippen LogP contribution in [0.15, 0.2) is 12.8 Å². The molecule has 0 aliphatic heterocycles. The molecule has 138 valence electrons. The standard InChI is InChI=1S/C17H27N5O3/c1-6-24-11(2)14-10-18-15(22-21-14)19-12-7-8-13(9-12)20-16(23)25-17(3,4)5/h10,12-13H,2,6-9H2,1,3-5H3,(H,20,23)(H,18,19,22)/t12-,13-/m0/s1. The maximum absolute atomic E-state index is 11.8.